The van der Waals surface area contributed by atoms with Crippen molar-refractivity contribution in [3.8, 4) is 5.75 Å². The standard InChI is InChI=1S/C21H21Cl2N5O4S/c1-4-27-20(13(3)32-15-6-8-16(22)12(2)9-15)25-26-21(27)33-11-19(29)24-14-5-7-17(23)18(10-14)28(30)31/h5-10,13H,4,11H2,1-3H3,(H,24,29). The molecule has 1 atom stereocenters. The van der Waals surface area contributed by atoms with Crippen LogP contribution in [0.1, 0.15) is 31.3 Å². The molecule has 1 N–H and O–H groups in total. The average Bonchev–Trinajstić information content (AvgIpc) is 3.19. The van der Waals surface area contributed by atoms with Crippen LogP contribution in [-0.2, 0) is 11.3 Å². The van der Waals surface area contributed by atoms with Crippen LogP contribution in [0.15, 0.2) is 41.6 Å². The average molecular weight is 510 g/mol. The number of rotatable bonds is 9. The summed E-state index contributed by atoms with van der Waals surface area (Å²) in [5, 5.41) is 23.3. The van der Waals surface area contributed by atoms with E-state index in [0.717, 1.165) is 5.56 Å². The van der Waals surface area contributed by atoms with Gasteiger partial charge in [0.15, 0.2) is 17.1 Å². The number of nitro benzene ring substituents is 1. The predicted molar refractivity (Wildman–Crippen MR) is 128 cm³/mol. The Balaban J connectivity index is 1.65. The number of nitro groups is 1. The Hall–Kier alpha value is -2.82. The monoisotopic (exact) mass is 509 g/mol. The van der Waals surface area contributed by atoms with Gasteiger partial charge in [-0.25, -0.2) is 0 Å². The van der Waals surface area contributed by atoms with Gasteiger partial charge >= 0.3 is 0 Å². The van der Waals surface area contributed by atoms with Gasteiger partial charge in [-0.3, -0.25) is 14.9 Å². The van der Waals surface area contributed by atoms with E-state index in [0.29, 0.717) is 28.3 Å². The fourth-order valence-electron chi connectivity index (χ4n) is 3.01. The van der Waals surface area contributed by atoms with Crippen molar-refractivity contribution in [2.24, 2.45) is 0 Å². The molecule has 3 rings (SSSR count). The van der Waals surface area contributed by atoms with E-state index in [1.54, 1.807) is 12.1 Å². The van der Waals surface area contributed by atoms with Crippen molar-refractivity contribution in [1.82, 2.24) is 14.8 Å². The Morgan fingerprint density at radius 2 is 1.97 bits per heavy atom. The summed E-state index contributed by atoms with van der Waals surface area (Å²) < 4.78 is 7.87. The molecular weight excluding hydrogens is 489 g/mol. The van der Waals surface area contributed by atoms with Gasteiger partial charge in [-0.05, 0) is 56.7 Å². The third kappa shape index (κ3) is 6.16. The fraction of sp³-hybridized carbons (Fsp3) is 0.286. The lowest BCUT2D eigenvalue weighted by molar-refractivity contribution is -0.384. The summed E-state index contributed by atoms with van der Waals surface area (Å²) in [6.45, 7) is 6.30. The molecule has 0 spiro atoms. The molecule has 0 aliphatic carbocycles. The van der Waals surface area contributed by atoms with E-state index >= 15 is 0 Å². The van der Waals surface area contributed by atoms with Gasteiger partial charge in [-0.15, -0.1) is 10.2 Å². The molecule has 3 aromatic rings. The number of nitrogens with zero attached hydrogens (tertiary/aromatic N) is 4. The van der Waals surface area contributed by atoms with E-state index in [1.165, 1.54) is 30.0 Å². The van der Waals surface area contributed by atoms with E-state index in [1.807, 2.05) is 31.4 Å². The molecule has 0 radical (unpaired) electrons. The van der Waals surface area contributed by atoms with Gasteiger partial charge in [0.05, 0.1) is 10.7 Å². The van der Waals surface area contributed by atoms with E-state index in [9.17, 15) is 14.9 Å². The SMILES string of the molecule is CCn1c(SCC(=O)Nc2ccc(Cl)c([N+](=O)[O-])c2)nnc1C(C)Oc1ccc(Cl)c(C)c1. The molecule has 0 aliphatic rings. The Labute approximate surface area is 204 Å². The van der Waals surface area contributed by atoms with Gasteiger partial charge in [-0.2, -0.15) is 0 Å². The number of benzene rings is 2. The number of aromatic nitrogens is 3. The van der Waals surface area contributed by atoms with Crippen LogP contribution in [-0.4, -0.2) is 31.3 Å². The third-order valence-corrected chi connectivity index (χ3v) is 6.34. The van der Waals surface area contributed by atoms with Gasteiger partial charge in [0.1, 0.15) is 10.8 Å². The third-order valence-electron chi connectivity index (χ3n) is 4.63. The van der Waals surface area contributed by atoms with Crippen molar-refractivity contribution in [2.75, 3.05) is 11.1 Å². The molecule has 0 bridgehead atoms. The quantitative estimate of drug-likeness (QED) is 0.224. The van der Waals surface area contributed by atoms with Crippen LogP contribution in [0.25, 0.3) is 0 Å². The molecule has 0 aliphatic heterocycles. The largest absolute Gasteiger partial charge is 0.483 e. The van der Waals surface area contributed by atoms with Crippen LogP contribution < -0.4 is 10.1 Å². The van der Waals surface area contributed by atoms with Crippen molar-refractivity contribution in [3.05, 3.63) is 67.9 Å². The van der Waals surface area contributed by atoms with Gasteiger partial charge in [-0.1, -0.05) is 35.0 Å². The molecule has 12 heteroatoms. The lowest BCUT2D eigenvalue weighted by atomic mass is 10.2. The number of aryl methyl sites for hydroxylation is 1. The second kappa shape index (κ2) is 10.9. The predicted octanol–water partition coefficient (Wildman–Crippen LogP) is 5.69. The Bertz CT molecular complexity index is 1190. The molecule has 2 aromatic carbocycles. The fourth-order valence-corrected chi connectivity index (χ4v) is 4.12. The first-order chi connectivity index (χ1) is 15.7. The van der Waals surface area contributed by atoms with E-state index in [4.69, 9.17) is 27.9 Å². The van der Waals surface area contributed by atoms with Gasteiger partial charge in [0, 0.05) is 23.3 Å². The first-order valence-corrected chi connectivity index (χ1v) is 11.7. The zero-order valence-electron chi connectivity index (χ0n) is 18.0. The maximum atomic E-state index is 12.4. The van der Waals surface area contributed by atoms with Crippen molar-refractivity contribution >= 4 is 52.2 Å². The molecular formula is C21H21Cl2N5O4S. The highest BCUT2D eigenvalue weighted by Gasteiger charge is 2.20. The number of carbonyl (C=O) groups excluding carboxylic acids is 1. The number of hydrogen-bond donors (Lipinski definition) is 1. The number of amides is 1. The number of carbonyl (C=O) groups is 1. The van der Waals surface area contributed by atoms with Crippen LogP contribution in [0.3, 0.4) is 0 Å². The minimum absolute atomic E-state index is 0.000973. The molecule has 174 valence electrons. The van der Waals surface area contributed by atoms with Crippen LogP contribution in [0.4, 0.5) is 11.4 Å². The first-order valence-electron chi connectivity index (χ1n) is 9.92. The van der Waals surface area contributed by atoms with Crippen LogP contribution in [0, 0.1) is 17.0 Å². The summed E-state index contributed by atoms with van der Waals surface area (Å²) in [5.74, 6) is 0.993. The molecule has 1 aromatic heterocycles. The molecule has 0 saturated heterocycles. The lowest BCUT2D eigenvalue weighted by Crippen LogP contribution is -2.15. The smallest absolute Gasteiger partial charge is 0.289 e. The molecule has 33 heavy (non-hydrogen) atoms. The van der Waals surface area contributed by atoms with E-state index in [-0.39, 0.29) is 34.2 Å². The van der Waals surface area contributed by atoms with E-state index < -0.39 is 4.92 Å². The number of nitrogens with one attached hydrogen (secondary N) is 1. The molecule has 0 saturated carbocycles. The van der Waals surface area contributed by atoms with Crippen molar-refractivity contribution in [3.63, 3.8) is 0 Å². The Morgan fingerprint density at radius 3 is 2.64 bits per heavy atom. The number of ether oxygens (including phenoxy) is 1. The van der Waals surface area contributed by atoms with Crippen molar-refractivity contribution in [1.29, 1.82) is 0 Å². The second-order valence-corrected chi connectivity index (χ2v) is 8.77. The topological polar surface area (TPSA) is 112 Å². The maximum absolute atomic E-state index is 12.4. The molecule has 9 nitrogen and oxygen atoms in total. The maximum Gasteiger partial charge on any atom is 0.289 e. The molecule has 1 amide bonds. The van der Waals surface area contributed by atoms with Crippen molar-refractivity contribution < 1.29 is 14.5 Å². The number of halogens is 2. The highest BCUT2D eigenvalue weighted by molar-refractivity contribution is 7.99. The van der Waals surface area contributed by atoms with Gasteiger partial charge in [0.2, 0.25) is 5.91 Å². The first kappa shape index (κ1) is 24.8. The minimum atomic E-state index is -0.605. The normalized spacial score (nSPS) is 11.8. The summed E-state index contributed by atoms with van der Waals surface area (Å²) in [5.41, 5.74) is 0.920. The highest BCUT2D eigenvalue weighted by atomic mass is 35.5. The van der Waals surface area contributed by atoms with Crippen molar-refractivity contribution in [2.45, 2.75) is 38.6 Å². The number of thioether (sulfide) groups is 1. The number of anilines is 1. The van der Waals surface area contributed by atoms with Gasteiger partial charge < -0.3 is 14.6 Å². The molecule has 1 heterocycles. The molecule has 1 unspecified atom stereocenters. The Morgan fingerprint density at radius 1 is 1.24 bits per heavy atom. The lowest BCUT2D eigenvalue weighted by Gasteiger charge is -2.16. The summed E-state index contributed by atoms with van der Waals surface area (Å²) in [4.78, 5) is 22.8. The van der Waals surface area contributed by atoms with E-state index in [2.05, 4.69) is 15.5 Å². The summed E-state index contributed by atoms with van der Waals surface area (Å²) >= 11 is 13.1. The zero-order valence-corrected chi connectivity index (χ0v) is 20.4. The summed E-state index contributed by atoms with van der Waals surface area (Å²) in [6.07, 6.45) is -0.379. The highest BCUT2D eigenvalue weighted by Crippen LogP contribution is 2.29. The van der Waals surface area contributed by atoms with Gasteiger partial charge in [0.25, 0.3) is 5.69 Å². The van der Waals surface area contributed by atoms with Crippen LogP contribution in [0.5, 0.6) is 5.75 Å². The second-order valence-electron chi connectivity index (χ2n) is 7.02. The summed E-state index contributed by atoms with van der Waals surface area (Å²) in [7, 11) is 0. The summed E-state index contributed by atoms with van der Waals surface area (Å²) in [6, 6.07) is 9.51. The zero-order chi connectivity index (χ0) is 24.1. The Kier molecular flexibility index (Phi) is 8.17. The number of hydrogen-bond acceptors (Lipinski definition) is 7. The van der Waals surface area contributed by atoms with Crippen LogP contribution >= 0.6 is 35.0 Å². The minimum Gasteiger partial charge on any atom is -0.483 e. The van der Waals surface area contributed by atoms with Crippen LogP contribution in [0.2, 0.25) is 10.0 Å². The molecule has 0 fully saturated rings.